The van der Waals surface area contributed by atoms with Crippen molar-refractivity contribution in [3.63, 3.8) is 0 Å². The van der Waals surface area contributed by atoms with Crippen LogP contribution < -0.4 is 10.5 Å². The highest BCUT2D eigenvalue weighted by Gasteiger charge is 2.24. The molecule has 1 heterocycles. The fraction of sp³-hybridized carbons (Fsp3) is 0.308. The van der Waals surface area contributed by atoms with Crippen LogP contribution in [0.3, 0.4) is 0 Å². The maximum absolute atomic E-state index is 13.6. The summed E-state index contributed by atoms with van der Waals surface area (Å²) < 4.78 is 41.2. The lowest BCUT2D eigenvalue weighted by molar-refractivity contribution is 0.598. The molecule has 1 aromatic heterocycles. The molecule has 0 radical (unpaired) electrons. The monoisotopic (exact) mass is 312 g/mol. The number of rotatable bonds is 3. The first-order valence-electron chi connectivity index (χ1n) is 6.24. The zero-order valence-electron chi connectivity index (χ0n) is 12.2. The molecule has 0 aliphatic heterocycles. The third-order valence-corrected chi connectivity index (χ3v) is 4.98. The normalized spacial score (nSPS) is 11.7. The Labute approximate surface area is 122 Å². The van der Waals surface area contributed by atoms with E-state index in [-0.39, 0.29) is 16.1 Å². The number of benzene rings is 1. The molecule has 0 saturated carbocycles. The van der Waals surface area contributed by atoms with Crippen molar-refractivity contribution in [1.82, 2.24) is 10.2 Å². The summed E-state index contributed by atoms with van der Waals surface area (Å²) in [7, 11) is -3.89. The highest BCUT2D eigenvalue weighted by Crippen LogP contribution is 2.30. The summed E-state index contributed by atoms with van der Waals surface area (Å²) in [5.41, 5.74) is 7.43. The molecule has 0 aliphatic rings. The van der Waals surface area contributed by atoms with Gasteiger partial charge in [0.2, 0.25) is 0 Å². The van der Waals surface area contributed by atoms with E-state index < -0.39 is 15.8 Å². The summed E-state index contributed by atoms with van der Waals surface area (Å²) in [6, 6.07) is 1.12. The smallest absolute Gasteiger partial charge is 0.262 e. The number of halogens is 1. The highest BCUT2D eigenvalue weighted by molar-refractivity contribution is 7.92. The van der Waals surface area contributed by atoms with Gasteiger partial charge in [0.15, 0.2) is 0 Å². The van der Waals surface area contributed by atoms with Crippen LogP contribution in [0.15, 0.2) is 11.0 Å². The molecular weight excluding hydrogens is 295 g/mol. The van der Waals surface area contributed by atoms with Crippen molar-refractivity contribution in [2.45, 2.75) is 32.6 Å². The van der Waals surface area contributed by atoms with Gasteiger partial charge in [0, 0.05) is 0 Å². The van der Waals surface area contributed by atoms with Crippen LogP contribution in [-0.2, 0) is 10.0 Å². The fourth-order valence-corrected chi connectivity index (χ4v) is 3.90. The lowest BCUT2D eigenvalue weighted by Gasteiger charge is -2.15. The Morgan fingerprint density at radius 1 is 1.29 bits per heavy atom. The number of aryl methyl sites for hydroxylation is 3. The van der Waals surface area contributed by atoms with E-state index in [0.29, 0.717) is 22.6 Å². The molecule has 0 amide bonds. The standard InChI is InChI=1S/C13H17FN4O2S/c1-6-5-10(14)11(15)7(2)13(6)21(19,20)18-12-8(3)16-17-9(12)4/h5,18H,15H2,1-4H3,(H,16,17). The van der Waals surface area contributed by atoms with Crippen LogP contribution in [0, 0.1) is 33.5 Å². The maximum atomic E-state index is 13.6. The summed E-state index contributed by atoms with van der Waals surface area (Å²) in [5, 5.41) is 6.63. The van der Waals surface area contributed by atoms with E-state index >= 15 is 0 Å². The van der Waals surface area contributed by atoms with Crippen molar-refractivity contribution in [2.24, 2.45) is 0 Å². The van der Waals surface area contributed by atoms with Crippen molar-refractivity contribution >= 4 is 21.4 Å². The number of aromatic amines is 1. The van der Waals surface area contributed by atoms with E-state index in [1.165, 1.54) is 13.8 Å². The van der Waals surface area contributed by atoms with Gasteiger partial charge in [-0.2, -0.15) is 5.10 Å². The van der Waals surface area contributed by atoms with Crippen LogP contribution in [0.4, 0.5) is 15.8 Å². The molecule has 114 valence electrons. The maximum Gasteiger partial charge on any atom is 0.262 e. The van der Waals surface area contributed by atoms with E-state index in [9.17, 15) is 12.8 Å². The van der Waals surface area contributed by atoms with Crippen molar-refractivity contribution in [1.29, 1.82) is 0 Å². The number of nitrogens with zero attached hydrogens (tertiary/aromatic N) is 1. The second kappa shape index (κ2) is 5.03. The van der Waals surface area contributed by atoms with Crippen LogP contribution in [0.2, 0.25) is 0 Å². The summed E-state index contributed by atoms with van der Waals surface area (Å²) in [5.74, 6) is -0.625. The quantitative estimate of drug-likeness (QED) is 0.756. The van der Waals surface area contributed by atoms with Gasteiger partial charge in [0.1, 0.15) is 5.82 Å². The minimum atomic E-state index is -3.89. The molecule has 0 fully saturated rings. The van der Waals surface area contributed by atoms with Crippen molar-refractivity contribution in [3.8, 4) is 0 Å². The topological polar surface area (TPSA) is 101 Å². The third kappa shape index (κ3) is 2.58. The summed E-state index contributed by atoms with van der Waals surface area (Å²) in [6.07, 6.45) is 0. The minimum Gasteiger partial charge on any atom is -0.396 e. The third-order valence-electron chi connectivity index (χ3n) is 3.34. The van der Waals surface area contributed by atoms with E-state index in [2.05, 4.69) is 14.9 Å². The van der Waals surface area contributed by atoms with Gasteiger partial charge < -0.3 is 5.73 Å². The van der Waals surface area contributed by atoms with Crippen molar-refractivity contribution < 1.29 is 12.8 Å². The lowest BCUT2D eigenvalue weighted by atomic mass is 10.1. The molecule has 0 spiro atoms. The Balaban J connectivity index is 2.58. The second-order valence-electron chi connectivity index (χ2n) is 4.96. The molecule has 2 rings (SSSR count). The number of sulfonamides is 1. The Morgan fingerprint density at radius 2 is 1.90 bits per heavy atom. The molecule has 0 atom stereocenters. The number of hydrogen-bond acceptors (Lipinski definition) is 4. The summed E-state index contributed by atoms with van der Waals surface area (Å²) >= 11 is 0. The SMILES string of the molecule is Cc1cc(F)c(N)c(C)c1S(=O)(=O)Nc1c(C)n[nH]c1C. The zero-order valence-corrected chi connectivity index (χ0v) is 13.0. The molecule has 0 saturated heterocycles. The predicted octanol–water partition coefficient (Wildman–Crippen LogP) is 2.17. The van der Waals surface area contributed by atoms with Gasteiger partial charge in [-0.15, -0.1) is 0 Å². The van der Waals surface area contributed by atoms with Crippen molar-refractivity contribution in [3.05, 3.63) is 34.4 Å². The molecule has 0 bridgehead atoms. The molecule has 0 aliphatic carbocycles. The lowest BCUT2D eigenvalue weighted by Crippen LogP contribution is -2.18. The average molecular weight is 312 g/mol. The van der Waals surface area contributed by atoms with Crippen LogP contribution in [0.1, 0.15) is 22.5 Å². The number of nitrogens with two attached hydrogens (primary N) is 1. The second-order valence-corrected chi connectivity index (χ2v) is 6.58. The molecule has 8 heteroatoms. The zero-order chi connectivity index (χ0) is 15.9. The van der Waals surface area contributed by atoms with Gasteiger partial charge in [0.25, 0.3) is 10.0 Å². The van der Waals surface area contributed by atoms with Crippen LogP contribution in [0.25, 0.3) is 0 Å². The molecular formula is C13H17FN4O2S. The minimum absolute atomic E-state index is 0.0126. The highest BCUT2D eigenvalue weighted by atomic mass is 32.2. The van der Waals surface area contributed by atoms with Crippen LogP contribution in [-0.4, -0.2) is 18.6 Å². The fourth-order valence-electron chi connectivity index (χ4n) is 2.23. The van der Waals surface area contributed by atoms with Gasteiger partial charge in [-0.1, -0.05) is 0 Å². The van der Waals surface area contributed by atoms with Gasteiger partial charge >= 0.3 is 0 Å². The largest absolute Gasteiger partial charge is 0.396 e. The Morgan fingerprint density at radius 3 is 2.43 bits per heavy atom. The Hall–Kier alpha value is -2.09. The molecule has 6 nitrogen and oxygen atoms in total. The van der Waals surface area contributed by atoms with Gasteiger partial charge in [0.05, 0.1) is 27.7 Å². The van der Waals surface area contributed by atoms with E-state index in [0.717, 1.165) is 6.07 Å². The van der Waals surface area contributed by atoms with Crippen LogP contribution in [0.5, 0.6) is 0 Å². The molecule has 4 N–H and O–H groups in total. The summed E-state index contributed by atoms with van der Waals surface area (Å²) in [4.78, 5) is -0.0126. The molecule has 1 aromatic carbocycles. The number of nitrogens with one attached hydrogen (secondary N) is 2. The molecule has 0 unspecified atom stereocenters. The number of H-pyrrole nitrogens is 1. The first-order valence-corrected chi connectivity index (χ1v) is 7.73. The summed E-state index contributed by atoms with van der Waals surface area (Å²) in [6.45, 7) is 6.39. The first-order chi connectivity index (χ1) is 9.65. The first kappa shape index (κ1) is 15.3. The van der Waals surface area contributed by atoms with Crippen molar-refractivity contribution in [2.75, 3.05) is 10.5 Å². The number of hydrogen-bond donors (Lipinski definition) is 3. The number of aromatic nitrogens is 2. The number of nitrogen functional groups attached to an aromatic ring is 1. The van der Waals surface area contributed by atoms with E-state index in [1.807, 2.05) is 0 Å². The Bertz CT molecular complexity index is 793. The van der Waals surface area contributed by atoms with Gasteiger partial charge in [-0.3, -0.25) is 9.82 Å². The van der Waals surface area contributed by atoms with E-state index in [1.54, 1.807) is 13.8 Å². The Kier molecular flexibility index (Phi) is 3.66. The van der Waals surface area contributed by atoms with Crippen LogP contribution >= 0.6 is 0 Å². The molecule has 21 heavy (non-hydrogen) atoms. The van der Waals surface area contributed by atoms with E-state index in [4.69, 9.17) is 5.73 Å². The van der Waals surface area contributed by atoms with Gasteiger partial charge in [-0.25, -0.2) is 12.8 Å². The number of anilines is 2. The molecule has 2 aromatic rings. The average Bonchev–Trinajstić information content (AvgIpc) is 2.67. The predicted molar refractivity (Wildman–Crippen MR) is 79.2 cm³/mol. The van der Waals surface area contributed by atoms with Gasteiger partial charge in [-0.05, 0) is 44.9 Å².